The van der Waals surface area contributed by atoms with Crippen LogP contribution in [-0.2, 0) is 0 Å². The molecule has 2 aromatic carbocycles. The van der Waals surface area contributed by atoms with Crippen LogP contribution < -0.4 is 4.57 Å². The van der Waals surface area contributed by atoms with Gasteiger partial charge in [-0.15, -0.1) is 0 Å². The van der Waals surface area contributed by atoms with E-state index in [1.54, 1.807) is 11.3 Å². The van der Waals surface area contributed by atoms with Crippen LogP contribution in [0.1, 0.15) is 16.1 Å². The Morgan fingerprint density at radius 3 is 2.08 bits per heavy atom. The Hall–Kier alpha value is -3.13. The van der Waals surface area contributed by atoms with Gasteiger partial charge in [-0.25, -0.2) is 0 Å². The number of thiazole rings is 1. The van der Waals surface area contributed by atoms with Crippen LogP contribution in [0.2, 0.25) is 0 Å². The molecule has 0 N–H and O–H groups in total. The van der Waals surface area contributed by atoms with E-state index in [2.05, 4.69) is 0 Å². The van der Waals surface area contributed by atoms with Crippen molar-refractivity contribution in [1.29, 1.82) is 0 Å². The fourth-order valence-electron chi connectivity index (χ4n) is 2.86. The lowest BCUT2D eigenvalue weighted by molar-refractivity contribution is -0.597. The summed E-state index contributed by atoms with van der Waals surface area (Å²) in [5.41, 5.74) is 5.43. The fraction of sp³-hybridized carbons (Fsp3) is 0.167. The molecule has 0 saturated heterocycles. The van der Waals surface area contributed by atoms with Gasteiger partial charge in [0.1, 0.15) is 0 Å². The average molecular weight is 370 g/mol. The molecular formula is C18H16N3O4S+. The van der Waals surface area contributed by atoms with Crippen molar-refractivity contribution in [2.75, 3.05) is 0 Å². The second kappa shape index (κ2) is 6.64. The Morgan fingerprint density at radius 1 is 0.962 bits per heavy atom. The number of para-hydroxylation sites is 1. The van der Waals surface area contributed by atoms with Gasteiger partial charge in [0.05, 0.1) is 26.4 Å². The van der Waals surface area contributed by atoms with Crippen molar-refractivity contribution < 1.29 is 14.4 Å². The van der Waals surface area contributed by atoms with Crippen molar-refractivity contribution in [2.45, 2.75) is 20.8 Å². The van der Waals surface area contributed by atoms with Gasteiger partial charge in [0.2, 0.25) is 11.2 Å². The second-order valence-electron chi connectivity index (χ2n) is 5.96. The van der Waals surface area contributed by atoms with Gasteiger partial charge in [-0.2, -0.15) is 4.57 Å². The number of rotatable bonds is 4. The van der Waals surface area contributed by atoms with Crippen LogP contribution in [0.25, 0.3) is 16.8 Å². The lowest BCUT2D eigenvalue weighted by atomic mass is 9.99. The van der Waals surface area contributed by atoms with Crippen molar-refractivity contribution in [1.82, 2.24) is 0 Å². The highest BCUT2D eigenvalue weighted by Crippen LogP contribution is 2.33. The van der Waals surface area contributed by atoms with Gasteiger partial charge in [-0.1, -0.05) is 23.5 Å². The standard InChI is InChI=1S/C18H16N3O4S/c1-11-5-4-6-17(18(11)19-10-26-13(3)12(19)2)14-7-15(20(22)23)9-16(8-14)21(24)25/h4-10H,1-3H3/q+1. The molecule has 0 aliphatic rings. The molecule has 26 heavy (non-hydrogen) atoms. The molecule has 1 heterocycles. The first kappa shape index (κ1) is 17.7. The molecule has 0 unspecified atom stereocenters. The van der Waals surface area contributed by atoms with Crippen molar-refractivity contribution in [3.05, 3.63) is 78.3 Å². The molecule has 132 valence electrons. The third-order valence-electron chi connectivity index (χ3n) is 4.32. The summed E-state index contributed by atoms with van der Waals surface area (Å²) >= 11 is 1.60. The molecule has 0 aliphatic heterocycles. The molecule has 0 fully saturated rings. The smallest absolute Gasteiger partial charge is 0.258 e. The highest BCUT2D eigenvalue weighted by Gasteiger charge is 2.25. The largest absolute Gasteiger partial charge is 0.276 e. The van der Waals surface area contributed by atoms with Gasteiger partial charge in [0.25, 0.3) is 11.4 Å². The van der Waals surface area contributed by atoms with E-state index in [4.69, 9.17) is 0 Å². The summed E-state index contributed by atoms with van der Waals surface area (Å²) in [7, 11) is 0. The monoisotopic (exact) mass is 370 g/mol. The summed E-state index contributed by atoms with van der Waals surface area (Å²) < 4.78 is 2.02. The lowest BCUT2D eigenvalue weighted by Crippen LogP contribution is -2.33. The van der Waals surface area contributed by atoms with Crippen molar-refractivity contribution >= 4 is 22.7 Å². The zero-order valence-corrected chi connectivity index (χ0v) is 15.2. The number of hydrogen-bond acceptors (Lipinski definition) is 5. The summed E-state index contributed by atoms with van der Waals surface area (Å²) in [4.78, 5) is 22.4. The van der Waals surface area contributed by atoms with Gasteiger partial charge in [-0.3, -0.25) is 20.2 Å². The molecule has 7 nitrogen and oxygen atoms in total. The summed E-state index contributed by atoms with van der Waals surface area (Å²) in [6, 6.07) is 9.34. The second-order valence-corrected chi connectivity index (χ2v) is 7.02. The number of nitro groups is 2. The van der Waals surface area contributed by atoms with Crippen LogP contribution in [0.15, 0.2) is 41.9 Å². The molecule has 0 bridgehead atoms. The van der Waals surface area contributed by atoms with E-state index >= 15 is 0 Å². The molecule has 0 amide bonds. The molecule has 0 saturated carbocycles. The third-order valence-corrected chi connectivity index (χ3v) is 5.28. The van der Waals surface area contributed by atoms with Gasteiger partial charge in [0.15, 0.2) is 5.69 Å². The maximum Gasteiger partial charge on any atom is 0.276 e. The minimum Gasteiger partial charge on any atom is -0.258 e. The molecule has 0 atom stereocenters. The summed E-state index contributed by atoms with van der Waals surface area (Å²) in [5, 5.41) is 22.4. The molecule has 1 aromatic heterocycles. The lowest BCUT2D eigenvalue weighted by Gasteiger charge is -2.08. The van der Waals surface area contributed by atoms with Crippen molar-refractivity contribution in [3.8, 4) is 16.8 Å². The first-order valence-electron chi connectivity index (χ1n) is 7.80. The van der Waals surface area contributed by atoms with E-state index < -0.39 is 9.85 Å². The quantitative estimate of drug-likeness (QED) is 0.386. The Morgan fingerprint density at radius 2 is 1.58 bits per heavy atom. The topological polar surface area (TPSA) is 90.2 Å². The van der Waals surface area contributed by atoms with E-state index in [1.165, 1.54) is 12.1 Å². The summed E-state index contributed by atoms with van der Waals surface area (Å²) in [6.45, 7) is 5.97. The Bertz CT molecular complexity index is 1010. The average Bonchev–Trinajstić information content (AvgIpc) is 2.93. The Kier molecular flexibility index (Phi) is 4.52. The van der Waals surface area contributed by atoms with Gasteiger partial charge >= 0.3 is 0 Å². The summed E-state index contributed by atoms with van der Waals surface area (Å²) in [5.74, 6) is 0. The van der Waals surface area contributed by atoms with Crippen LogP contribution in [-0.4, -0.2) is 9.85 Å². The maximum atomic E-state index is 11.2. The van der Waals surface area contributed by atoms with Crippen molar-refractivity contribution in [2.24, 2.45) is 0 Å². The van der Waals surface area contributed by atoms with E-state index in [0.717, 1.165) is 27.9 Å². The van der Waals surface area contributed by atoms with Gasteiger partial charge in [0, 0.05) is 30.2 Å². The number of aryl methyl sites for hydroxylation is 2. The van der Waals surface area contributed by atoms with E-state index in [-0.39, 0.29) is 11.4 Å². The molecular weight excluding hydrogens is 354 g/mol. The molecule has 3 rings (SSSR count). The first-order valence-corrected chi connectivity index (χ1v) is 8.68. The minimum absolute atomic E-state index is 0.301. The maximum absolute atomic E-state index is 11.2. The molecule has 0 aliphatic carbocycles. The number of aromatic nitrogens is 1. The highest BCUT2D eigenvalue weighted by atomic mass is 32.1. The first-order chi connectivity index (χ1) is 12.3. The zero-order valence-electron chi connectivity index (χ0n) is 14.4. The van der Waals surface area contributed by atoms with E-state index in [1.807, 2.05) is 49.0 Å². The van der Waals surface area contributed by atoms with Crippen molar-refractivity contribution in [3.63, 3.8) is 0 Å². The number of nitrogens with zero attached hydrogens (tertiary/aromatic N) is 3. The fourth-order valence-corrected chi connectivity index (χ4v) is 3.66. The molecule has 8 heteroatoms. The SMILES string of the molecule is Cc1cccc(-c2cc([N+](=O)[O-])cc([N+](=O)[O-])c2)c1-[n+]1csc(C)c1C. The third kappa shape index (κ3) is 3.06. The Balaban J connectivity index is 2.32. The van der Waals surface area contributed by atoms with Crippen LogP contribution in [0.3, 0.4) is 0 Å². The number of nitro benzene ring substituents is 2. The summed E-state index contributed by atoms with van der Waals surface area (Å²) in [6.07, 6.45) is 0. The van der Waals surface area contributed by atoms with Gasteiger partial charge in [-0.05, 0) is 19.9 Å². The van der Waals surface area contributed by atoms with Gasteiger partial charge < -0.3 is 0 Å². The van der Waals surface area contributed by atoms with E-state index in [9.17, 15) is 20.2 Å². The number of hydrogen-bond donors (Lipinski definition) is 0. The zero-order chi connectivity index (χ0) is 19.0. The normalized spacial score (nSPS) is 10.7. The highest BCUT2D eigenvalue weighted by molar-refractivity contribution is 7.09. The number of benzene rings is 2. The molecule has 3 aromatic rings. The Labute approximate surface area is 153 Å². The number of non-ortho nitro benzene ring substituents is 2. The van der Waals surface area contributed by atoms with Crippen LogP contribution >= 0.6 is 11.3 Å². The van der Waals surface area contributed by atoms with E-state index in [0.29, 0.717) is 11.1 Å². The van der Waals surface area contributed by atoms with Crippen LogP contribution in [0.4, 0.5) is 11.4 Å². The molecule has 0 radical (unpaired) electrons. The predicted molar refractivity (Wildman–Crippen MR) is 98.8 cm³/mol. The minimum atomic E-state index is -0.612. The predicted octanol–water partition coefficient (Wildman–Crippen LogP) is 4.43. The van der Waals surface area contributed by atoms with Crippen LogP contribution in [0.5, 0.6) is 0 Å². The van der Waals surface area contributed by atoms with Crippen LogP contribution in [0, 0.1) is 41.0 Å². The molecule has 0 spiro atoms.